The number of hydrogen-bond acceptors (Lipinski definition) is 4. The van der Waals surface area contributed by atoms with E-state index in [9.17, 15) is 4.79 Å². The van der Waals surface area contributed by atoms with Gasteiger partial charge in [-0.1, -0.05) is 0 Å². The molecule has 0 bridgehead atoms. The minimum atomic E-state index is -0.945. The van der Waals surface area contributed by atoms with Crippen LogP contribution in [0.2, 0.25) is 0 Å². The quantitative estimate of drug-likeness (QED) is 0.461. The molecule has 0 radical (unpaired) electrons. The highest BCUT2D eigenvalue weighted by Crippen LogP contribution is 2.03. The second-order valence-corrected chi connectivity index (χ2v) is 2.61. The molecule has 10 heavy (non-hydrogen) atoms. The molecule has 0 saturated carbocycles. The van der Waals surface area contributed by atoms with E-state index in [0.29, 0.717) is 12.4 Å². The summed E-state index contributed by atoms with van der Waals surface area (Å²) in [5.74, 6) is -0.101. The van der Waals surface area contributed by atoms with Crippen LogP contribution in [0.5, 0.6) is 0 Å². The first kappa shape index (κ1) is 9.78. The molecule has 0 amide bonds. The van der Waals surface area contributed by atoms with Gasteiger partial charge in [-0.05, 0) is 13.8 Å². The molecule has 60 valence electrons. The predicted octanol–water partition coefficient (Wildman–Crippen LogP) is 0.197. The summed E-state index contributed by atoms with van der Waals surface area (Å²) in [5.41, 5.74) is 4.55. The van der Waals surface area contributed by atoms with Crippen LogP contribution in [-0.4, -0.2) is 23.9 Å². The number of carbonyl (C=O) groups excluding carboxylic acids is 1. The molecule has 0 aromatic heterocycles. The van der Waals surface area contributed by atoms with Gasteiger partial charge in [0.2, 0.25) is 0 Å². The van der Waals surface area contributed by atoms with Crippen LogP contribution in [0.25, 0.3) is 0 Å². The van der Waals surface area contributed by atoms with Crippen LogP contribution in [0.4, 0.5) is 0 Å². The summed E-state index contributed by atoms with van der Waals surface area (Å²) in [4.78, 5) is 10.9. The SMILES string of the molecule is CCOC(=O)C(C)(N)CS. The molecule has 4 heteroatoms. The second-order valence-electron chi connectivity index (χ2n) is 2.30. The van der Waals surface area contributed by atoms with E-state index in [4.69, 9.17) is 5.73 Å². The largest absolute Gasteiger partial charge is 0.465 e. The maximum atomic E-state index is 10.9. The molecular weight excluding hydrogens is 150 g/mol. The number of carbonyl (C=O) groups is 1. The number of rotatable bonds is 3. The van der Waals surface area contributed by atoms with Crippen molar-refractivity contribution in [3.8, 4) is 0 Å². The summed E-state index contributed by atoms with van der Waals surface area (Å²) < 4.78 is 4.68. The Bertz CT molecular complexity index is 125. The standard InChI is InChI=1S/C6H13NO2S/c1-3-9-5(8)6(2,7)4-10/h10H,3-4,7H2,1-2H3. The molecule has 0 spiro atoms. The molecule has 1 unspecified atom stereocenters. The van der Waals surface area contributed by atoms with Crippen LogP contribution < -0.4 is 5.73 Å². The van der Waals surface area contributed by atoms with Crippen molar-refractivity contribution in [2.45, 2.75) is 19.4 Å². The lowest BCUT2D eigenvalue weighted by atomic mass is 10.1. The fourth-order valence-electron chi connectivity index (χ4n) is 0.361. The molecule has 0 aromatic carbocycles. The third-order valence-electron chi connectivity index (χ3n) is 1.07. The number of ether oxygens (including phenoxy) is 1. The average Bonchev–Trinajstić information content (AvgIpc) is 1.89. The van der Waals surface area contributed by atoms with E-state index in [0.717, 1.165) is 0 Å². The minimum Gasteiger partial charge on any atom is -0.465 e. The monoisotopic (exact) mass is 163 g/mol. The van der Waals surface area contributed by atoms with E-state index in [2.05, 4.69) is 17.4 Å². The van der Waals surface area contributed by atoms with Gasteiger partial charge in [0, 0.05) is 5.75 Å². The molecule has 0 aliphatic rings. The molecule has 0 aromatic rings. The number of esters is 1. The smallest absolute Gasteiger partial charge is 0.326 e. The van der Waals surface area contributed by atoms with Gasteiger partial charge in [-0.15, -0.1) is 0 Å². The summed E-state index contributed by atoms with van der Waals surface area (Å²) in [6, 6.07) is 0. The summed E-state index contributed by atoms with van der Waals surface area (Å²) in [6.07, 6.45) is 0. The van der Waals surface area contributed by atoms with Gasteiger partial charge in [0.1, 0.15) is 5.54 Å². The fraction of sp³-hybridized carbons (Fsp3) is 0.833. The number of hydrogen-bond donors (Lipinski definition) is 2. The Labute approximate surface area is 66.3 Å². The van der Waals surface area contributed by atoms with E-state index in [1.807, 2.05) is 0 Å². The first-order chi connectivity index (χ1) is 4.54. The molecule has 0 saturated heterocycles. The van der Waals surface area contributed by atoms with Gasteiger partial charge in [0.25, 0.3) is 0 Å². The van der Waals surface area contributed by atoms with Gasteiger partial charge in [-0.2, -0.15) is 12.6 Å². The zero-order valence-corrected chi connectivity index (χ0v) is 7.15. The molecule has 3 nitrogen and oxygen atoms in total. The Morgan fingerprint density at radius 3 is 2.60 bits per heavy atom. The number of thiol groups is 1. The Balaban J connectivity index is 3.91. The summed E-state index contributed by atoms with van der Waals surface area (Å²) in [5, 5.41) is 0. The van der Waals surface area contributed by atoms with E-state index in [-0.39, 0.29) is 0 Å². The summed E-state index contributed by atoms with van der Waals surface area (Å²) in [7, 11) is 0. The zero-order chi connectivity index (χ0) is 8.20. The predicted molar refractivity (Wildman–Crippen MR) is 43.1 cm³/mol. The van der Waals surface area contributed by atoms with Crippen molar-refractivity contribution >= 4 is 18.6 Å². The Morgan fingerprint density at radius 2 is 2.30 bits per heavy atom. The van der Waals surface area contributed by atoms with Crippen molar-refractivity contribution in [3.63, 3.8) is 0 Å². The van der Waals surface area contributed by atoms with Gasteiger partial charge in [-0.3, -0.25) is 4.79 Å². The molecule has 2 N–H and O–H groups in total. The van der Waals surface area contributed by atoms with Crippen LogP contribution in [0.15, 0.2) is 0 Å². The lowest BCUT2D eigenvalue weighted by Gasteiger charge is -2.18. The molecular formula is C6H13NO2S. The molecule has 1 atom stereocenters. The third kappa shape index (κ3) is 2.58. The highest BCUT2D eigenvalue weighted by Gasteiger charge is 2.27. The van der Waals surface area contributed by atoms with Crippen molar-refractivity contribution in [2.24, 2.45) is 5.73 Å². The Hall–Kier alpha value is -0.220. The van der Waals surface area contributed by atoms with Crippen LogP contribution in [0.1, 0.15) is 13.8 Å². The molecule has 0 heterocycles. The molecule has 0 rings (SSSR count). The topological polar surface area (TPSA) is 52.3 Å². The van der Waals surface area contributed by atoms with E-state index in [1.54, 1.807) is 13.8 Å². The molecule has 0 fully saturated rings. The van der Waals surface area contributed by atoms with Crippen LogP contribution in [0.3, 0.4) is 0 Å². The van der Waals surface area contributed by atoms with Crippen molar-refractivity contribution in [1.29, 1.82) is 0 Å². The van der Waals surface area contributed by atoms with Crippen molar-refractivity contribution in [3.05, 3.63) is 0 Å². The number of nitrogens with two attached hydrogens (primary N) is 1. The van der Waals surface area contributed by atoms with Crippen LogP contribution >= 0.6 is 12.6 Å². The second kappa shape index (κ2) is 3.83. The van der Waals surface area contributed by atoms with Gasteiger partial charge < -0.3 is 10.5 Å². The normalized spacial score (nSPS) is 16.0. The summed E-state index contributed by atoms with van der Waals surface area (Å²) in [6.45, 7) is 3.70. The van der Waals surface area contributed by atoms with E-state index < -0.39 is 11.5 Å². The van der Waals surface area contributed by atoms with E-state index >= 15 is 0 Å². The summed E-state index contributed by atoms with van der Waals surface area (Å²) >= 11 is 3.91. The maximum absolute atomic E-state index is 10.9. The highest BCUT2D eigenvalue weighted by atomic mass is 32.1. The van der Waals surface area contributed by atoms with E-state index in [1.165, 1.54) is 0 Å². The van der Waals surface area contributed by atoms with Crippen LogP contribution in [0, 0.1) is 0 Å². The van der Waals surface area contributed by atoms with Gasteiger partial charge in [-0.25, -0.2) is 0 Å². The first-order valence-electron chi connectivity index (χ1n) is 3.11. The average molecular weight is 163 g/mol. The van der Waals surface area contributed by atoms with Crippen molar-refractivity contribution < 1.29 is 9.53 Å². The van der Waals surface area contributed by atoms with Gasteiger partial charge in [0.05, 0.1) is 6.61 Å². The fourth-order valence-corrected chi connectivity index (χ4v) is 0.490. The molecule has 0 aliphatic heterocycles. The third-order valence-corrected chi connectivity index (χ3v) is 1.73. The lowest BCUT2D eigenvalue weighted by Crippen LogP contribution is -2.47. The lowest BCUT2D eigenvalue weighted by molar-refractivity contribution is -0.148. The van der Waals surface area contributed by atoms with Gasteiger partial charge >= 0.3 is 5.97 Å². The first-order valence-corrected chi connectivity index (χ1v) is 3.74. The Morgan fingerprint density at radius 1 is 1.80 bits per heavy atom. The van der Waals surface area contributed by atoms with Gasteiger partial charge in [0.15, 0.2) is 0 Å². The van der Waals surface area contributed by atoms with Crippen molar-refractivity contribution in [2.75, 3.05) is 12.4 Å². The van der Waals surface area contributed by atoms with Crippen LogP contribution in [-0.2, 0) is 9.53 Å². The molecule has 0 aliphatic carbocycles. The minimum absolute atomic E-state index is 0.297. The highest BCUT2D eigenvalue weighted by molar-refractivity contribution is 7.80. The zero-order valence-electron chi connectivity index (χ0n) is 6.26. The Kier molecular flexibility index (Phi) is 3.75. The van der Waals surface area contributed by atoms with Crippen molar-refractivity contribution in [1.82, 2.24) is 0 Å². The maximum Gasteiger partial charge on any atom is 0.326 e.